The number of carbonyl (C=O) groups excluding carboxylic acids is 2. The van der Waals surface area contributed by atoms with Crippen LogP contribution in [0.4, 0.5) is 0 Å². The third-order valence-corrected chi connectivity index (χ3v) is 4.60. The van der Waals surface area contributed by atoms with Gasteiger partial charge in [-0.2, -0.15) is 5.10 Å². The van der Waals surface area contributed by atoms with Gasteiger partial charge in [0.1, 0.15) is 12.4 Å². The molecule has 0 heterocycles. The summed E-state index contributed by atoms with van der Waals surface area (Å²) in [4.78, 5) is 24.4. The Kier molecular flexibility index (Phi) is 8.41. The summed E-state index contributed by atoms with van der Waals surface area (Å²) in [6.07, 6.45) is 1.49. The van der Waals surface area contributed by atoms with E-state index in [0.29, 0.717) is 35.0 Å². The SMILES string of the molecule is COc1ccc(C(=O)NCC(=O)N/N=C\c2ccccc2OCc2ccccc2)cc1OC. The van der Waals surface area contributed by atoms with E-state index in [4.69, 9.17) is 14.2 Å². The summed E-state index contributed by atoms with van der Waals surface area (Å²) < 4.78 is 16.2. The normalized spacial score (nSPS) is 10.5. The molecular weight excluding hydrogens is 422 g/mol. The van der Waals surface area contributed by atoms with E-state index in [1.54, 1.807) is 12.1 Å². The Morgan fingerprint density at radius 1 is 0.879 bits per heavy atom. The molecule has 8 nitrogen and oxygen atoms in total. The first kappa shape index (κ1) is 23.3. The smallest absolute Gasteiger partial charge is 0.259 e. The summed E-state index contributed by atoms with van der Waals surface area (Å²) in [5.74, 6) is 0.681. The molecule has 0 atom stereocenters. The summed E-state index contributed by atoms with van der Waals surface area (Å²) in [7, 11) is 2.99. The Morgan fingerprint density at radius 3 is 2.36 bits per heavy atom. The average molecular weight is 447 g/mol. The first-order valence-corrected chi connectivity index (χ1v) is 10.2. The van der Waals surface area contributed by atoms with Gasteiger partial charge in [0.05, 0.1) is 27.0 Å². The third-order valence-electron chi connectivity index (χ3n) is 4.60. The molecule has 0 aliphatic heterocycles. The van der Waals surface area contributed by atoms with Gasteiger partial charge in [0, 0.05) is 11.1 Å². The van der Waals surface area contributed by atoms with Gasteiger partial charge in [0.2, 0.25) is 0 Å². The number of nitrogens with one attached hydrogen (secondary N) is 2. The first-order valence-electron chi connectivity index (χ1n) is 10.2. The van der Waals surface area contributed by atoms with E-state index >= 15 is 0 Å². The van der Waals surface area contributed by atoms with Crippen molar-refractivity contribution in [2.75, 3.05) is 20.8 Å². The topological polar surface area (TPSA) is 98.2 Å². The maximum atomic E-state index is 12.3. The number of hydrogen-bond donors (Lipinski definition) is 2. The number of carbonyl (C=O) groups is 2. The van der Waals surface area contributed by atoms with Crippen LogP contribution in [0.1, 0.15) is 21.5 Å². The lowest BCUT2D eigenvalue weighted by atomic mass is 10.2. The van der Waals surface area contributed by atoms with Crippen LogP contribution < -0.4 is 25.0 Å². The molecule has 0 saturated heterocycles. The minimum atomic E-state index is -0.470. The standard InChI is InChI=1S/C25H25N3O5/c1-31-22-13-12-19(14-23(22)32-2)25(30)26-16-24(29)28-27-15-20-10-6-7-11-21(20)33-17-18-8-4-3-5-9-18/h3-15H,16-17H2,1-2H3,(H,26,30)(H,28,29)/b27-15-. The van der Waals surface area contributed by atoms with E-state index in [1.807, 2.05) is 54.6 Å². The van der Waals surface area contributed by atoms with Gasteiger partial charge in [0.15, 0.2) is 11.5 Å². The van der Waals surface area contributed by atoms with E-state index in [1.165, 1.54) is 26.5 Å². The van der Waals surface area contributed by atoms with Gasteiger partial charge in [-0.05, 0) is 35.9 Å². The highest BCUT2D eigenvalue weighted by Gasteiger charge is 2.12. The molecule has 2 N–H and O–H groups in total. The van der Waals surface area contributed by atoms with E-state index in [0.717, 1.165) is 5.56 Å². The lowest BCUT2D eigenvalue weighted by Gasteiger charge is -2.10. The number of benzene rings is 3. The fourth-order valence-corrected chi connectivity index (χ4v) is 2.91. The number of amides is 2. The number of rotatable bonds is 10. The zero-order valence-electron chi connectivity index (χ0n) is 18.4. The van der Waals surface area contributed by atoms with Crippen LogP contribution in [-0.2, 0) is 11.4 Å². The van der Waals surface area contributed by atoms with Crippen LogP contribution in [0.25, 0.3) is 0 Å². The molecule has 3 aromatic carbocycles. The summed E-state index contributed by atoms with van der Waals surface area (Å²) in [6, 6.07) is 21.9. The van der Waals surface area contributed by atoms with Gasteiger partial charge in [-0.25, -0.2) is 5.43 Å². The highest BCUT2D eigenvalue weighted by atomic mass is 16.5. The lowest BCUT2D eigenvalue weighted by Crippen LogP contribution is -2.34. The van der Waals surface area contributed by atoms with Gasteiger partial charge >= 0.3 is 0 Å². The number of ether oxygens (including phenoxy) is 3. The molecule has 0 unspecified atom stereocenters. The molecule has 170 valence electrons. The Balaban J connectivity index is 1.51. The van der Waals surface area contributed by atoms with Crippen LogP contribution in [0, 0.1) is 0 Å². The summed E-state index contributed by atoms with van der Waals surface area (Å²) in [5.41, 5.74) is 4.49. The molecule has 0 saturated carbocycles. The largest absolute Gasteiger partial charge is 0.493 e. The molecule has 0 aliphatic carbocycles. The molecule has 0 aromatic heterocycles. The van der Waals surface area contributed by atoms with E-state index < -0.39 is 11.8 Å². The van der Waals surface area contributed by atoms with Gasteiger partial charge in [-0.15, -0.1) is 0 Å². The van der Waals surface area contributed by atoms with E-state index in [9.17, 15) is 9.59 Å². The minimum absolute atomic E-state index is 0.239. The molecule has 0 spiro atoms. The highest BCUT2D eigenvalue weighted by Crippen LogP contribution is 2.27. The van der Waals surface area contributed by atoms with Crippen LogP contribution in [0.2, 0.25) is 0 Å². The molecule has 3 rings (SSSR count). The van der Waals surface area contributed by atoms with Gasteiger partial charge in [-0.3, -0.25) is 9.59 Å². The number of hydrazone groups is 1. The van der Waals surface area contributed by atoms with Crippen molar-refractivity contribution in [2.45, 2.75) is 6.61 Å². The third kappa shape index (κ3) is 6.83. The molecule has 2 amide bonds. The summed E-state index contributed by atoms with van der Waals surface area (Å²) >= 11 is 0. The van der Waals surface area contributed by atoms with Crippen molar-refractivity contribution in [3.8, 4) is 17.2 Å². The summed E-state index contributed by atoms with van der Waals surface area (Å²) in [6.45, 7) is 0.177. The molecule has 0 fully saturated rings. The average Bonchev–Trinajstić information content (AvgIpc) is 2.86. The monoisotopic (exact) mass is 447 g/mol. The number of para-hydroxylation sites is 1. The van der Waals surface area contributed by atoms with Crippen molar-refractivity contribution in [2.24, 2.45) is 5.10 Å². The Bertz CT molecular complexity index is 1120. The molecule has 33 heavy (non-hydrogen) atoms. The quantitative estimate of drug-likeness (QED) is 0.368. The lowest BCUT2D eigenvalue weighted by molar-refractivity contribution is -0.120. The Hall–Kier alpha value is -4.33. The zero-order valence-corrected chi connectivity index (χ0v) is 18.4. The first-order chi connectivity index (χ1) is 16.1. The molecule has 8 heteroatoms. The van der Waals surface area contributed by atoms with Crippen LogP contribution in [0.15, 0.2) is 77.9 Å². The van der Waals surface area contributed by atoms with Gasteiger partial charge < -0.3 is 19.5 Å². The number of hydrogen-bond acceptors (Lipinski definition) is 6. The second-order valence-electron chi connectivity index (χ2n) is 6.86. The Labute approximate surface area is 192 Å². The molecule has 0 radical (unpaired) electrons. The van der Waals surface area contributed by atoms with Gasteiger partial charge in [-0.1, -0.05) is 42.5 Å². The second kappa shape index (κ2) is 11.9. The number of nitrogens with zero attached hydrogens (tertiary/aromatic N) is 1. The fourth-order valence-electron chi connectivity index (χ4n) is 2.91. The summed E-state index contributed by atoms with van der Waals surface area (Å²) in [5, 5.41) is 6.51. The predicted molar refractivity (Wildman–Crippen MR) is 125 cm³/mol. The molecule has 3 aromatic rings. The van der Waals surface area contributed by atoms with E-state index in [2.05, 4.69) is 15.8 Å². The highest BCUT2D eigenvalue weighted by molar-refractivity contribution is 5.97. The fraction of sp³-hybridized carbons (Fsp3) is 0.160. The number of methoxy groups -OCH3 is 2. The van der Waals surface area contributed by atoms with E-state index in [-0.39, 0.29) is 6.54 Å². The minimum Gasteiger partial charge on any atom is -0.493 e. The zero-order chi connectivity index (χ0) is 23.5. The molecule has 0 bridgehead atoms. The van der Waals surface area contributed by atoms with Crippen molar-refractivity contribution in [3.63, 3.8) is 0 Å². The van der Waals surface area contributed by atoms with Gasteiger partial charge in [0.25, 0.3) is 11.8 Å². The van der Waals surface area contributed by atoms with Crippen molar-refractivity contribution >= 4 is 18.0 Å². The van der Waals surface area contributed by atoms with Crippen molar-refractivity contribution < 1.29 is 23.8 Å². The maximum Gasteiger partial charge on any atom is 0.259 e. The van der Waals surface area contributed by atoms with Crippen LogP contribution >= 0.6 is 0 Å². The van der Waals surface area contributed by atoms with Crippen molar-refractivity contribution in [1.29, 1.82) is 0 Å². The van der Waals surface area contributed by atoms with Crippen molar-refractivity contribution in [3.05, 3.63) is 89.5 Å². The predicted octanol–water partition coefficient (Wildman–Crippen LogP) is 3.16. The van der Waals surface area contributed by atoms with Crippen LogP contribution in [0.5, 0.6) is 17.2 Å². The molecular formula is C25H25N3O5. The van der Waals surface area contributed by atoms with Crippen molar-refractivity contribution in [1.82, 2.24) is 10.7 Å². The Morgan fingerprint density at radius 2 is 1.61 bits per heavy atom. The second-order valence-corrected chi connectivity index (χ2v) is 6.86. The maximum absolute atomic E-state index is 12.3. The molecule has 0 aliphatic rings. The van der Waals surface area contributed by atoms with Crippen LogP contribution in [0.3, 0.4) is 0 Å². The van der Waals surface area contributed by atoms with Crippen LogP contribution in [-0.4, -0.2) is 38.8 Å².